The number of nitrogens with zero attached hydrogens (tertiary/aromatic N) is 3. The van der Waals surface area contributed by atoms with Crippen molar-refractivity contribution < 1.29 is 29.0 Å². The molecule has 1 aliphatic heterocycles. The number of benzene rings is 2. The number of carbonyl (C=O) groups excluding carboxylic acids is 3. The summed E-state index contributed by atoms with van der Waals surface area (Å²) in [6.07, 6.45) is 0.386. The zero-order chi connectivity index (χ0) is 26.0. The molecule has 2 heterocycles. The van der Waals surface area contributed by atoms with Crippen molar-refractivity contribution >= 4 is 40.2 Å². The van der Waals surface area contributed by atoms with E-state index >= 15 is 0 Å². The molecule has 1 fully saturated rings. The van der Waals surface area contributed by atoms with Crippen LogP contribution >= 0.6 is 11.3 Å². The molecule has 2 aromatic carbocycles. The minimum Gasteiger partial charge on any atom is -0.497 e. The molecule has 1 saturated heterocycles. The number of amides is 3. The molecule has 36 heavy (non-hydrogen) atoms. The second-order valence-corrected chi connectivity index (χ2v) is 9.15. The molecule has 0 aliphatic carbocycles. The molecule has 3 amide bonds. The van der Waals surface area contributed by atoms with Gasteiger partial charge >= 0.3 is 12.0 Å². The fourth-order valence-electron chi connectivity index (χ4n) is 4.43. The van der Waals surface area contributed by atoms with Crippen molar-refractivity contribution in [1.29, 1.82) is 0 Å². The molecule has 9 nitrogen and oxygen atoms in total. The number of Topliss-reactive ketones (excluding diaryl/α,β-unsaturated/α-hetero) is 1. The molecule has 0 radical (unpaired) electrons. The number of carbonyl (C=O) groups is 4. The van der Waals surface area contributed by atoms with Crippen molar-refractivity contribution in [1.82, 2.24) is 9.88 Å². The third kappa shape index (κ3) is 4.47. The molecule has 1 aromatic heterocycles. The zero-order valence-corrected chi connectivity index (χ0v) is 20.8. The van der Waals surface area contributed by atoms with Crippen LogP contribution in [0.15, 0.2) is 60.0 Å². The highest BCUT2D eigenvalue weighted by Crippen LogP contribution is 2.41. The van der Waals surface area contributed by atoms with E-state index in [9.17, 15) is 24.3 Å². The maximum Gasteiger partial charge on any atom is 0.334 e. The first-order chi connectivity index (χ1) is 17.3. The number of methoxy groups -OCH3 is 1. The molecule has 186 valence electrons. The van der Waals surface area contributed by atoms with E-state index in [2.05, 4.69) is 4.98 Å². The number of imide groups is 1. The Balaban J connectivity index is 1.84. The second kappa shape index (κ2) is 10.3. The van der Waals surface area contributed by atoms with Gasteiger partial charge < -0.3 is 9.84 Å². The third-order valence-electron chi connectivity index (χ3n) is 6.21. The zero-order valence-electron chi connectivity index (χ0n) is 20.0. The number of hydrogen-bond donors (Lipinski definition) is 1. The van der Waals surface area contributed by atoms with Gasteiger partial charge in [0.15, 0.2) is 10.9 Å². The van der Waals surface area contributed by atoms with Crippen LogP contribution in [-0.2, 0) is 9.59 Å². The van der Waals surface area contributed by atoms with E-state index in [0.717, 1.165) is 16.2 Å². The van der Waals surface area contributed by atoms with Crippen LogP contribution in [-0.4, -0.2) is 51.8 Å². The first-order valence-corrected chi connectivity index (χ1v) is 12.2. The molecular formula is C26H25N3O6S. The maximum atomic E-state index is 13.9. The summed E-state index contributed by atoms with van der Waals surface area (Å²) in [7, 11) is 1.51. The quantitative estimate of drug-likeness (QED) is 0.334. The van der Waals surface area contributed by atoms with Crippen LogP contribution in [0.25, 0.3) is 0 Å². The highest BCUT2D eigenvalue weighted by atomic mass is 32.1. The number of ketones is 1. The predicted molar refractivity (Wildman–Crippen MR) is 133 cm³/mol. The normalized spacial score (nSPS) is 17.2. The smallest absolute Gasteiger partial charge is 0.334 e. The number of hydrogen-bond acceptors (Lipinski definition) is 7. The van der Waals surface area contributed by atoms with Crippen molar-refractivity contribution in [2.45, 2.75) is 38.3 Å². The number of thiazole rings is 1. The Morgan fingerprint density at radius 1 is 1.11 bits per heavy atom. The molecule has 0 saturated carbocycles. The van der Waals surface area contributed by atoms with E-state index in [0.29, 0.717) is 23.3 Å². The van der Waals surface area contributed by atoms with E-state index in [-0.39, 0.29) is 16.6 Å². The van der Waals surface area contributed by atoms with Gasteiger partial charge in [-0.25, -0.2) is 19.5 Å². The Morgan fingerprint density at radius 3 is 2.31 bits per heavy atom. The summed E-state index contributed by atoms with van der Waals surface area (Å²) in [4.78, 5) is 58.4. The fourth-order valence-corrected chi connectivity index (χ4v) is 5.31. The monoisotopic (exact) mass is 507 g/mol. The molecule has 10 heteroatoms. The number of anilines is 1. The highest BCUT2D eigenvalue weighted by molar-refractivity contribution is 7.14. The van der Waals surface area contributed by atoms with Gasteiger partial charge in [-0.2, -0.15) is 0 Å². The minimum absolute atomic E-state index is 0.138. The molecule has 1 N–H and O–H groups in total. The first-order valence-electron chi connectivity index (χ1n) is 11.3. The van der Waals surface area contributed by atoms with Gasteiger partial charge in [0, 0.05) is 18.2 Å². The van der Waals surface area contributed by atoms with Gasteiger partial charge in [-0.1, -0.05) is 49.4 Å². The van der Waals surface area contributed by atoms with Gasteiger partial charge in [0.05, 0.1) is 7.11 Å². The SMILES string of the molecule is CC[C@@H](c1ccccc1)[C@@H](C(=O)O)N1C(=O)[C@@H](c2ccc(OC)cc2)N(c2nc(C(C)=O)cs2)C1=O. The molecule has 3 atom stereocenters. The Morgan fingerprint density at radius 2 is 1.78 bits per heavy atom. The molecular weight excluding hydrogens is 482 g/mol. The van der Waals surface area contributed by atoms with Crippen molar-refractivity contribution in [2.24, 2.45) is 0 Å². The maximum absolute atomic E-state index is 13.9. The van der Waals surface area contributed by atoms with Crippen LogP contribution in [0.1, 0.15) is 53.8 Å². The Bertz CT molecular complexity index is 1290. The summed E-state index contributed by atoms with van der Waals surface area (Å²) < 4.78 is 5.21. The van der Waals surface area contributed by atoms with Gasteiger partial charge in [-0.3, -0.25) is 14.5 Å². The third-order valence-corrected chi connectivity index (χ3v) is 7.05. The average Bonchev–Trinajstić information content (AvgIpc) is 3.46. The lowest BCUT2D eigenvalue weighted by molar-refractivity contribution is -0.147. The lowest BCUT2D eigenvalue weighted by Crippen LogP contribution is -2.49. The lowest BCUT2D eigenvalue weighted by Gasteiger charge is -2.29. The van der Waals surface area contributed by atoms with Crippen molar-refractivity contribution in [2.75, 3.05) is 12.0 Å². The van der Waals surface area contributed by atoms with Crippen LogP contribution in [0.3, 0.4) is 0 Å². The Labute approximate surface area is 211 Å². The largest absolute Gasteiger partial charge is 0.497 e. The van der Waals surface area contributed by atoms with Crippen molar-refractivity contribution in [3.8, 4) is 5.75 Å². The van der Waals surface area contributed by atoms with Crippen LogP contribution < -0.4 is 9.64 Å². The Hall–Kier alpha value is -4.05. The van der Waals surface area contributed by atoms with E-state index in [1.807, 2.05) is 13.0 Å². The van der Waals surface area contributed by atoms with E-state index in [1.165, 1.54) is 24.3 Å². The highest BCUT2D eigenvalue weighted by Gasteiger charge is 2.54. The summed E-state index contributed by atoms with van der Waals surface area (Å²) in [5.41, 5.74) is 1.33. The molecule has 0 bridgehead atoms. The van der Waals surface area contributed by atoms with Gasteiger partial charge in [-0.15, -0.1) is 11.3 Å². The Kier molecular flexibility index (Phi) is 7.16. The van der Waals surface area contributed by atoms with Crippen molar-refractivity contribution in [3.05, 3.63) is 76.8 Å². The summed E-state index contributed by atoms with van der Waals surface area (Å²) in [6.45, 7) is 3.17. The number of carboxylic acid groups (broad SMARTS) is 1. The van der Waals surface area contributed by atoms with Crippen LogP contribution in [0.5, 0.6) is 5.75 Å². The summed E-state index contributed by atoms with van der Waals surface area (Å²) >= 11 is 1.04. The van der Waals surface area contributed by atoms with Gasteiger partial charge in [-0.05, 0) is 29.7 Å². The number of rotatable bonds is 9. The predicted octanol–water partition coefficient (Wildman–Crippen LogP) is 4.51. The van der Waals surface area contributed by atoms with Crippen LogP contribution in [0, 0.1) is 0 Å². The molecule has 0 unspecified atom stereocenters. The van der Waals surface area contributed by atoms with E-state index in [1.54, 1.807) is 48.5 Å². The number of aromatic nitrogens is 1. The first kappa shape index (κ1) is 25.1. The summed E-state index contributed by atoms with van der Waals surface area (Å²) in [5.74, 6) is -2.31. The van der Waals surface area contributed by atoms with E-state index < -0.39 is 35.9 Å². The number of urea groups is 1. The average molecular weight is 508 g/mol. The molecule has 4 rings (SSSR count). The lowest BCUT2D eigenvalue weighted by atomic mass is 9.88. The fraction of sp³-hybridized carbons (Fsp3) is 0.269. The summed E-state index contributed by atoms with van der Waals surface area (Å²) in [6, 6.07) is 12.2. The van der Waals surface area contributed by atoms with Gasteiger partial charge in [0.25, 0.3) is 5.91 Å². The number of ether oxygens (including phenoxy) is 1. The molecule has 0 spiro atoms. The van der Waals surface area contributed by atoms with Crippen molar-refractivity contribution in [3.63, 3.8) is 0 Å². The topological polar surface area (TPSA) is 117 Å². The minimum atomic E-state index is -1.43. The molecule has 3 aromatic rings. The van der Waals surface area contributed by atoms with Crippen LogP contribution in [0.2, 0.25) is 0 Å². The summed E-state index contributed by atoms with van der Waals surface area (Å²) in [5, 5.41) is 11.9. The van der Waals surface area contributed by atoms with Crippen LogP contribution in [0.4, 0.5) is 9.93 Å². The molecule has 1 aliphatic rings. The van der Waals surface area contributed by atoms with E-state index in [4.69, 9.17) is 4.74 Å². The number of aliphatic carboxylic acids is 1. The standard InChI is InChI=1S/C26H25N3O6S/c1-4-19(16-8-6-5-7-9-16)22(24(32)33)28-23(31)21(17-10-12-18(35-3)13-11-17)29(26(28)34)25-27-20(14-36-25)15(2)30/h5-14,19,21-22H,4H2,1-3H3,(H,32,33)/t19-,21+,22-/m0/s1. The van der Waals surface area contributed by atoms with Gasteiger partial charge in [0.1, 0.15) is 23.5 Å². The number of carboxylic acids is 1. The second-order valence-electron chi connectivity index (χ2n) is 8.32. The van der Waals surface area contributed by atoms with Gasteiger partial charge in [0.2, 0.25) is 0 Å².